The number of carbonyl (C=O) groups is 1. The first-order valence-corrected chi connectivity index (χ1v) is 17.0. The highest BCUT2D eigenvalue weighted by atomic mass is 16.7. The molecule has 0 bridgehead atoms. The van der Waals surface area contributed by atoms with Crippen LogP contribution in [0.5, 0.6) is 0 Å². The summed E-state index contributed by atoms with van der Waals surface area (Å²) in [7, 11) is 0. The smallest absolute Gasteiger partial charge is 0.337 e. The van der Waals surface area contributed by atoms with E-state index in [0.717, 1.165) is 48.3 Å². The molecule has 41 heavy (non-hydrogen) atoms. The highest BCUT2D eigenvalue weighted by Gasteiger charge is 2.47. The summed E-state index contributed by atoms with van der Waals surface area (Å²) < 4.78 is 17.1. The van der Waals surface area contributed by atoms with Crippen LogP contribution in [-0.4, -0.2) is 35.7 Å². The van der Waals surface area contributed by atoms with Gasteiger partial charge in [-0.1, -0.05) is 78.4 Å². The Bertz CT molecular complexity index is 934. The number of esters is 1. The monoisotopic (exact) mass is 572 g/mol. The molecule has 0 saturated heterocycles. The maximum Gasteiger partial charge on any atom is 0.337 e. The zero-order valence-electron chi connectivity index (χ0n) is 27.3. The molecule has 0 spiro atoms. The third kappa shape index (κ3) is 8.62. The number of fused-ring (bicyclic) bond motifs is 3. The van der Waals surface area contributed by atoms with Gasteiger partial charge in [0, 0.05) is 20.3 Å². The molecule has 4 rings (SSSR count). The molecule has 8 atom stereocenters. The Labute approximate surface area is 250 Å². The van der Waals surface area contributed by atoms with Gasteiger partial charge in [0.15, 0.2) is 0 Å². The highest BCUT2D eigenvalue weighted by molar-refractivity contribution is 5.83. The quantitative estimate of drug-likeness (QED) is 0.209. The summed E-state index contributed by atoms with van der Waals surface area (Å²) in [5, 5.41) is 10.7. The van der Waals surface area contributed by atoms with Crippen LogP contribution in [0, 0.1) is 40.9 Å². The second-order valence-electron chi connectivity index (χ2n) is 15.3. The van der Waals surface area contributed by atoms with Crippen LogP contribution in [0.25, 0.3) is 0 Å². The fourth-order valence-electron chi connectivity index (χ4n) is 8.81. The van der Waals surface area contributed by atoms with Crippen LogP contribution in [0.3, 0.4) is 0 Å². The van der Waals surface area contributed by atoms with Gasteiger partial charge >= 0.3 is 5.97 Å². The van der Waals surface area contributed by atoms with Crippen LogP contribution in [0.15, 0.2) is 23.5 Å². The predicted octanol–water partition coefficient (Wildman–Crippen LogP) is 8.75. The molecule has 2 saturated carbocycles. The van der Waals surface area contributed by atoms with Gasteiger partial charge in [-0.3, -0.25) is 0 Å². The van der Waals surface area contributed by atoms with Crippen LogP contribution in [0.4, 0.5) is 0 Å². The Balaban J connectivity index is 1.30. The lowest BCUT2D eigenvalue weighted by molar-refractivity contribution is -0.207. The molecule has 1 heterocycles. The molecule has 8 unspecified atom stereocenters. The maximum atomic E-state index is 11.8. The van der Waals surface area contributed by atoms with E-state index >= 15 is 0 Å². The molecule has 234 valence electrons. The summed E-state index contributed by atoms with van der Waals surface area (Å²) in [6, 6.07) is 0. The fourth-order valence-corrected chi connectivity index (χ4v) is 8.81. The third-order valence-corrected chi connectivity index (χ3v) is 11.1. The Morgan fingerprint density at radius 2 is 1.83 bits per heavy atom. The number of allylic oxidation sites excluding steroid dienone is 1. The van der Waals surface area contributed by atoms with Crippen molar-refractivity contribution in [2.75, 3.05) is 6.61 Å². The molecule has 5 heteroatoms. The minimum Gasteiger partial charge on any atom is -0.457 e. The zero-order valence-corrected chi connectivity index (χ0v) is 27.3. The molecule has 0 radical (unpaired) electrons. The zero-order chi connectivity index (χ0) is 29.8. The summed E-state index contributed by atoms with van der Waals surface area (Å²) in [4.78, 5) is 11.8. The van der Waals surface area contributed by atoms with E-state index in [-0.39, 0.29) is 24.5 Å². The fraction of sp³-hybridized carbons (Fsp3) is 0.861. The first-order chi connectivity index (χ1) is 19.4. The van der Waals surface area contributed by atoms with Crippen molar-refractivity contribution in [1.29, 1.82) is 0 Å². The summed E-state index contributed by atoms with van der Waals surface area (Å²) >= 11 is 0. The molecule has 2 fully saturated rings. The van der Waals surface area contributed by atoms with Gasteiger partial charge in [0.2, 0.25) is 5.79 Å². The second kappa shape index (κ2) is 14.0. The van der Waals surface area contributed by atoms with Gasteiger partial charge in [0.1, 0.15) is 5.76 Å². The standard InChI is InChI=1S/C36H60O5/c1-24(2)10-8-11-25(3)32-13-9-12-27-15-16-28-20-30(18-19-36(28,7)33(27)17-14-26(32)4)39-23-29(37)21-31-22-34(38)41-35(5,6)40-31/h16,22,24-27,29-30,32-33,37H,8-15,17-21,23H2,1-7H3. The maximum absolute atomic E-state index is 11.8. The first kappa shape index (κ1) is 32.6. The lowest BCUT2D eigenvalue weighted by Gasteiger charge is -2.51. The van der Waals surface area contributed by atoms with E-state index in [1.807, 2.05) is 0 Å². The Morgan fingerprint density at radius 1 is 1.05 bits per heavy atom. The Kier molecular flexibility index (Phi) is 11.1. The van der Waals surface area contributed by atoms with Crippen LogP contribution in [0.1, 0.15) is 132 Å². The average molecular weight is 573 g/mol. The van der Waals surface area contributed by atoms with Gasteiger partial charge in [-0.25, -0.2) is 4.79 Å². The summed E-state index contributed by atoms with van der Waals surface area (Å²) in [5.74, 6) is 4.00. The number of cyclic esters (lactones) is 1. The van der Waals surface area contributed by atoms with Crippen molar-refractivity contribution in [3.05, 3.63) is 23.5 Å². The number of aliphatic hydroxyl groups excluding tert-OH is 1. The van der Waals surface area contributed by atoms with Crippen molar-refractivity contribution in [2.45, 2.75) is 150 Å². The van der Waals surface area contributed by atoms with Crippen molar-refractivity contribution in [1.82, 2.24) is 0 Å². The molecule has 0 aromatic carbocycles. The molecule has 0 aromatic heterocycles. The van der Waals surface area contributed by atoms with E-state index in [1.54, 1.807) is 19.4 Å². The molecule has 1 N–H and O–H groups in total. The SMILES string of the molecule is CC(C)CCCC(C)C1CCCC2CC=C3CC(OCC(O)CC4=CC(=O)OC(C)(C)O4)CCC3(C)C2CCC1C. The summed E-state index contributed by atoms with van der Waals surface area (Å²) in [5.41, 5.74) is 1.90. The van der Waals surface area contributed by atoms with E-state index < -0.39 is 17.9 Å². The molecule has 4 aliphatic rings. The van der Waals surface area contributed by atoms with Gasteiger partial charge in [-0.05, 0) is 85.9 Å². The molecular weight excluding hydrogens is 512 g/mol. The van der Waals surface area contributed by atoms with E-state index in [1.165, 1.54) is 70.3 Å². The van der Waals surface area contributed by atoms with Crippen molar-refractivity contribution >= 4 is 5.97 Å². The van der Waals surface area contributed by atoms with E-state index in [4.69, 9.17) is 14.2 Å². The highest BCUT2D eigenvalue weighted by Crippen LogP contribution is 2.56. The normalized spacial score (nSPS) is 35.3. The lowest BCUT2D eigenvalue weighted by atomic mass is 9.55. The van der Waals surface area contributed by atoms with Gasteiger partial charge in [-0.2, -0.15) is 0 Å². The van der Waals surface area contributed by atoms with Crippen LogP contribution in [-0.2, 0) is 19.0 Å². The number of hydrogen-bond donors (Lipinski definition) is 1. The van der Waals surface area contributed by atoms with Crippen LogP contribution < -0.4 is 0 Å². The van der Waals surface area contributed by atoms with Crippen molar-refractivity contribution in [3.63, 3.8) is 0 Å². The largest absolute Gasteiger partial charge is 0.457 e. The van der Waals surface area contributed by atoms with E-state index in [2.05, 4.69) is 40.7 Å². The first-order valence-electron chi connectivity index (χ1n) is 17.0. The van der Waals surface area contributed by atoms with Gasteiger partial charge in [-0.15, -0.1) is 0 Å². The Hall–Kier alpha value is -1.33. The van der Waals surface area contributed by atoms with Crippen LogP contribution in [0.2, 0.25) is 0 Å². The van der Waals surface area contributed by atoms with Crippen molar-refractivity contribution in [2.24, 2.45) is 40.9 Å². The molecular formula is C36H60O5. The predicted molar refractivity (Wildman–Crippen MR) is 165 cm³/mol. The van der Waals surface area contributed by atoms with Crippen molar-refractivity contribution < 1.29 is 24.1 Å². The molecule has 0 aromatic rings. The molecule has 0 amide bonds. The number of carbonyl (C=O) groups excluding carboxylic acids is 1. The molecule has 3 aliphatic carbocycles. The van der Waals surface area contributed by atoms with Gasteiger partial charge in [0.05, 0.1) is 24.9 Å². The van der Waals surface area contributed by atoms with Gasteiger partial charge < -0.3 is 19.3 Å². The minimum absolute atomic E-state index is 0.148. The molecule has 5 nitrogen and oxygen atoms in total. The number of rotatable bonds is 10. The van der Waals surface area contributed by atoms with E-state index in [9.17, 15) is 9.90 Å². The number of ether oxygens (including phenoxy) is 3. The van der Waals surface area contributed by atoms with Crippen LogP contribution >= 0.6 is 0 Å². The number of hydrogen-bond acceptors (Lipinski definition) is 5. The van der Waals surface area contributed by atoms with E-state index in [0.29, 0.717) is 5.76 Å². The summed E-state index contributed by atoms with van der Waals surface area (Å²) in [6.45, 7) is 16.0. The topological polar surface area (TPSA) is 65.0 Å². The second-order valence-corrected chi connectivity index (χ2v) is 15.3. The average Bonchev–Trinajstić information content (AvgIpc) is 2.95. The lowest BCUT2D eigenvalue weighted by Crippen LogP contribution is -2.43. The minimum atomic E-state index is -0.999. The Morgan fingerprint density at radius 3 is 2.56 bits per heavy atom. The van der Waals surface area contributed by atoms with Gasteiger partial charge in [0.25, 0.3) is 0 Å². The third-order valence-electron chi connectivity index (χ3n) is 11.1. The number of aliphatic hydroxyl groups is 1. The molecule has 1 aliphatic heterocycles. The van der Waals surface area contributed by atoms with Crippen molar-refractivity contribution in [3.8, 4) is 0 Å². The summed E-state index contributed by atoms with van der Waals surface area (Å²) in [6.07, 6.45) is 19.1.